The van der Waals surface area contributed by atoms with Crippen LogP contribution in [0.5, 0.6) is 0 Å². The van der Waals surface area contributed by atoms with E-state index in [-0.39, 0.29) is 29.6 Å². The van der Waals surface area contributed by atoms with E-state index in [9.17, 15) is 0 Å². The van der Waals surface area contributed by atoms with Gasteiger partial charge in [0.15, 0.2) is 0 Å². The van der Waals surface area contributed by atoms with Crippen LogP contribution in [0.25, 0.3) is 10.8 Å². The van der Waals surface area contributed by atoms with Crippen LogP contribution in [0, 0.1) is 0 Å². The molecular weight excluding hydrogens is 207 g/mol. The monoisotopic (exact) mass is 218 g/mol. The van der Waals surface area contributed by atoms with Crippen molar-refractivity contribution < 1.29 is 43.7 Å². The number of aromatic amines is 1. The minimum Gasteiger partial charge on any atom is -0.724 e. The molecule has 0 radical (unpaired) electrons. The Kier molecular flexibility index (Phi) is 20.1. The fourth-order valence-corrected chi connectivity index (χ4v) is 0.789. The summed E-state index contributed by atoms with van der Waals surface area (Å²) in [5.74, 6) is 1.27. The van der Waals surface area contributed by atoms with Gasteiger partial charge in [0.2, 0.25) is 0 Å². The van der Waals surface area contributed by atoms with Gasteiger partial charge in [-0.3, -0.25) is 9.59 Å². The molecule has 7 heteroatoms. The van der Waals surface area contributed by atoms with Gasteiger partial charge in [0.25, 0.3) is 5.82 Å². The number of hydrogen-bond donors (Lipinski definition) is 1. The van der Waals surface area contributed by atoms with E-state index in [1.54, 1.807) is 0 Å². The minimum atomic E-state index is 0. The molecular formula is C8H11N4NaO2. The SMILES string of the molecule is CCc1[nH]cc[n+]1C.[N-]=C=O.[N-]=C=O.[Na+]. The van der Waals surface area contributed by atoms with E-state index in [0.29, 0.717) is 12.2 Å². The first kappa shape index (κ1) is 19.5. The molecule has 0 aromatic carbocycles. The van der Waals surface area contributed by atoms with Crippen molar-refractivity contribution in [3.8, 4) is 0 Å². The number of carbonyl (C=O) groups excluding carboxylic acids is 2. The van der Waals surface area contributed by atoms with E-state index in [2.05, 4.69) is 16.5 Å². The van der Waals surface area contributed by atoms with E-state index in [1.807, 2.05) is 19.4 Å². The average Bonchev–Trinajstić information content (AvgIpc) is 2.53. The smallest absolute Gasteiger partial charge is 0.724 e. The van der Waals surface area contributed by atoms with Crippen molar-refractivity contribution >= 4 is 12.2 Å². The van der Waals surface area contributed by atoms with E-state index in [1.165, 1.54) is 5.82 Å². The number of nitrogens with zero attached hydrogens (tertiary/aromatic N) is 3. The molecule has 0 bridgehead atoms. The first-order chi connectivity index (χ1) is 6.67. The third-order valence-corrected chi connectivity index (χ3v) is 1.31. The van der Waals surface area contributed by atoms with Gasteiger partial charge in [0, 0.05) is 6.42 Å². The molecule has 0 aliphatic rings. The summed E-state index contributed by atoms with van der Waals surface area (Å²) in [4.78, 5) is 19.6. The van der Waals surface area contributed by atoms with Gasteiger partial charge in [-0.15, -0.1) is 0 Å². The summed E-state index contributed by atoms with van der Waals surface area (Å²) in [5, 5.41) is 13.5. The predicted octanol–water partition coefficient (Wildman–Crippen LogP) is -2.81. The second-order valence-corrected chi connectivity index (χ2v) is 2.05. The molecule has 1 heterocycles. The third-order valence-electron chi connectivity index (χ3n) is 1.31. The minimum absolute atomic E-state index is 0. The molecule has 0 saturated heterocycles. The predicted molar refractivity (Wildman–Crippen MR) is 49.5 cm³/mol. The summed E-state index contributed by atoms with van der Waals surface area (Å²) < 4.78 is 2.08. The van der Waals surface area contributed by atoms with Gasteiger partial charge in [-0.25, -0.2) is 9.55 Å². The van der Waals surface area contributed by atoms with Crippen molar-refractivity contribution in [1.29, 1.82) is 0 Å². The molecule has 0 atom stereocenters. The maximum Gasteiger partial charge on any atom is 1.00 e. The number of aryl methyl sites for hydroxylation is 2. The number of nitrogens with one attached hydrogen (secondary N) is 1. The zero-order valence-electron chi connectivity index (χ0n) is 9.02. The first-order valence-electron chi connectivity index (χ1n) is 3.72. The van der Waals surface area contributed by atoms with Crippen molar-refractivity contribution in [2.45, 2.75) is 13.3 Å². The van der Waals surface area contributed by atoms with E-state index in [0.717, 1.165) is 6.42 Å². The summed E-state index contributed by atoms with van der Waals surface area (Å²) in [5.41, 5.74) is 0. The van der Waals surface area contributed by atoms with Gasteiger partial charge in [0.1, 0.15) is 12.4 Å². The molecule has 6 nitrogen and oxygen atoms in total. The topological polar surface area (TPSA) is 98.4 Å². The van der Waals surface area contributed by atoms with Gasteiger partial charge < -0.3 is 10.8 Å². The summed E-state index contributed by atoms with van der Waals surface area (Å²) >= 11 is 0. The molecule has 0 aliphatic carbocycles. The molecule has 1 aromatic rings. The zero-order valence-corrected chi connectivity index (χ0v) is 11.0. The van der Waals surface area contributed by atoms with E-state index < -0.39 is 0 Å². The zero-order chi connectivity index (χ0) is 11.4. The molecule has 0 unspecified atom stereocenters. The van der Waals surface area contributed by atoms with Gasteiger partial charge in [0.05, 0.1) is 7.05 Å². The quantitative estimate of drug-likeness (QED) is 0.238. The fourth-order valence-electron chi connectivity index (χ4n) is 0.789. The molecule has 0 spiro atoms. The normalized spacial score (nSPS) is 6.27. The largest absolute Gasteiger partial charge is 1.00 e. The van der Waals surface area contributed by atoms with Crippen LogP contribution in [0.15, 0.2) is 12.4 Å². The molecule has 0 saturated carbocycles. The number of H-pyrrole nitrogens is 1. The van der Waals surface area contributed by atoms with Crippen LogP contribution in [0.3, 0.4) is 0 Å². The van der Waals surface area contributed by atoms with Crippen LogP contribution in [0.2, 0.25) is 0 Å². The van der Waals surface area contributed by atoms with Crippen LogP contribution in [-0.4, -0.2) is 17.1 Å². The Balaban J connectivity index is -0.000000177. The van der Waals surface area contributed by atoms with Crippen molar-refractivity contribution in [2.24, 2.45) is 7.05 Å². The second kappa shape index (κ2) is 15.4. The maximum atomic E-state index is 8.24. The van der Waals surface area contributed by atoms with Crippen molar-refractivity contribution in [1.82, 2.24) is 4.98 Å². The number of rotatable bonds is 1. The van der Waals surface area contributed by atoms with Crippen molar-refractivity contribution in [3.63, 3.8) is 0 Å². The summed E-state index contributed by atoms with van der Waals surface area (Å²) in [6.07, 6.45) is 6.03. The molecule has 1 N–H and O–H groups in total. The Hall–Kier alpha value is -1.03. The van der Waals surface area contributed by atoms with E-state index in [4.69, 9.17) is 20.4 Å². The Labute approximate surface area is 110 Å². The average molecular weight is 218 g/mol. The molecule has 0 amide bonds. The molecule has 0 fully saturated rings. The van der Waals surface area contributed by atoms with Crippen LogP contribution >= 0.6 is 0 Å². The molecule has 76 valence electrons. The number of hydrogen-bond acceptors (Lipinski definition) is 2. The van der Waals surface area contributed by atoms with Crippen LogP contribution in [0.4, 0.5) is 0 Å². The third kappa shape index (κ3) is 13.0. The summed E-state index contributed by atoms with van der Waals surface area (Å²) in [7, 11) is 2.04. The number of isocyanates is 2. The molecule has 0 aliphatic heterocycles. The van der Waals surface area contributed by atoms with Gasteiger partial charge in [-0.1, -0.05) is 6.92 Å². The molecule has 1 aromatic heterocycles. The Morgan fingerprint density at radius 2 is 1.80 bits per heavy atom. The number of aromatic nitrogens is 2. The van der Waals surface area contributed by atoms with Gasteiger partial charge in [-0.05, 0) is 12.2 Å². The van der Waals surface area contributed by atoms with E-state index >= 15 is 0 Å². The van der Waals surface area contributed by atoms with Crippen LogP contribution < -0.4 is 34.1 Å². The van der Waals surface area contributed by atoms with Crippen LogP contribution in [-0.2, 0) is 23.1 Å². The van der Waals surface area contributed by atoms with Crippen molar-refractivity contribution in [3.05, 3.63) is 29.0 Å². The molecule has 15 heavy (non-hydrogen) atoms. The molecule has 1 rings (SSSR count). The Morgan fingerprint density at radius 1 is 1.40 bits per heavy atom. The van der Waals surface area contributed by atoms with Gasteiger partial charge in [-0.2, -0.15) is 0 Å². The summed E-state index contributed by atoms with van der Waals surface area (Å²) in [6, 6.07) is 0. The standard InChI is InChI=1S/C6H10N2.2CNO.Na/c1-3-6-7-4-5-8(6)2;2*2-1-3;/h4-5H,3H2,1-2H3;;;/q;2*-1;+1/p+1. The second-order valence-electron chi connectivity index (χ2n) is 2.05. The van der Waals surface area contributed by atoms with Crippen molar-refractivity contribution in [2.75, 3.05) is 0 Å². The summed E-state index contributed by atoms with van der Waals surface area (Å²) in [6.45, 7) is 2.13. The fraction of sp³-hybridized carbons (Fsp3) is 0.375. The maximum absolute atomic E-state index is 8.24. The van der Waals surface area contributed by atoms with Crippen LogP contribution in [0.1, 0.15) is 12.7 Å². The van der Waals surface area contributed by atoms with Gasteiger partial charge >= 0.3 is 29.6 Å². The number of imidazole rings is 1. The Morgan fingerprint density at radius 3 is 1.93 bits per heavy atom. The Bertz CT molecular complexity index is 300. The first-order valence-corrected chi connectivity index (χ1v) is 3.72.